The van der Waals surface area contributed by atoms with Crippen LogP contribution >= 0.6 is 0 Å². The Bertz CT molecular complexity index is 286. The minimum atomic E-state index is -1.13. The molecule has 0 saturated carbocycles. The van der Waals surface area contributed by atoms with E-state index in [9.17, 15) is 9.50 Å². The molecule has 13 heavy (non-hydrogen) atoms. The smallest absolute Gasteiger partial charge is 0.126 e. The molecule has 1 aromatic carbocycles. The van der Waals surface area contributed by atoms with E-state index < -0.39 is 6.17 Å². The standard InChI is InChI=1S/C10H14FNO/c1-7(11)9-5-8(6-12-2)3-4-10(9)13/h3-5,7,12-13H,6H2,1-2H3. The summed E-state index contributed by atoms with van der Waals surface area (Å²) in [7, 11) is 1.82. The van der Waals surface area contributed by atoms with E-state index in [0.29, 0.717) is 12.1 Å². The van der Waals surface area contributed by atoms with Crippen molar-refractivity contribution in [2.24, 2.45) is 0 Å². The average molecular weight is 183 g/mol. The minimum absolute atomic E-state index is 0.0230. The fourth-order valence-electron chi connectivity index (χ4n) is 1.24. The Morgan fingerprint density at radius 2 is 2.23 bits per heavy atom. The van der Waals surface area contributed by atoms with Crippen molar-refractivity contribution in [1.29, 1.82) is 0 Å². The van der Waals surface area contributed by atoms with Crippen LogP contribution in [0.2, 0.25) is 0 Å². The highest BCUT2D eigenvalue weighted by Crippen LogP contribution is 2.27. The average Bonchev–Trinajstić information content (AvgIpc) is 2.08. The number of alkyl halides is 1. The van der Waals surface area contributed by atoms with Gasteiger partial charge < -0.3 is 10.4 Å². The summed E-state index contributed by atoms with van der Waals surface area (Å²) in [6, 6.07) is 4.98. The molecule has 2 N–H and O–H groups in total. The fraction of sp³-hybridized carbons (Fsp3) is 0.400. The van der Waals surface area contributed by atoms with Crippen LogP contribution in [-0.2, 0) is 6.54 Å². The number of phenolic OH excluding ortho intramolecular Hbond substituents is 1. The van der Waals surface area contributed by atoms with E-state index in [-0.39, 0.29) is 5.75 Å². The third-order valence-corrected chi connectivity index (χ3v) is 1.90. The quantitative estimate of drug-likeness (QED) is 0.752. The maximum Gasteiger partial charge on any atom is 0.126 e. The van der Waals surface area contributed by atoms with Gasteiger partial charge in [0.2, 0.25) is 0 Å². The molecule has 0 amide bonds. The van der Waals surface area contributed by atoms with Crippen LogP contribution in [0.5, 0.6) is 5.75 Å². The molecular weight excluding hydrogens is 169 g/mol. The number of hydrogen-bond acceptors (Lipinski definition) is 2. The van der Waals surface area contributed by atoms with Crippen LogP contribution in [-0.4, -0.2) is 12.2 Å². The molecule has 72 valence electrons. The Balaban J connectivity index is 2.97. The first kappa shape index (κ1) is 9.99. The second-order valence-corrected chi connectivity index (χ2v) is 3.04. The molecule has 0 saturated heterocycles. The molecule has 0 aliphatic heterocycles. The Morgan fingerprint density at radius 1 is 1.54 bits per heavy atom. The monoisotopic (exact) mass is 183 g/mol. The van der Waals surface area contributed by atoms with E-state index in [1.54, 1.807) is 12.1 Å². The molecule has 0 aliphatic carbocycles. The van der Waals surface area contributed by atoms with Gasteiger partial charge in [0, 0.05) is 12.1 Å². The van der Waals surface area contributed by atoms with E-state index in [1.807, 2.05) is 7.05 Å². The second-order valence-electron chi connectivity index (χ2n) is 3.04. The van der Waals surface area contributed by atoms with Crippen molar-refractivity contribution < 1.29 is 9.50 Å². The lowest BCUT2D eigenvalue weighted by Crippen LogP contribution is -2.05. The van der Waals surface area contributed by atoms with Gasteiger partial charge >= 0.3 is 0 Å². The highest BCUT2D eigenvalue weighted by molar-refractivity contribution is 5.37. The van der Waals surface area contributed by atoms with Crippen LogP contribution in [0.3, 0.4) is 0 Å². The minimum Gasteiger partial charge on any atom is -0.508 e. The van der Waals surface area contributed by atoms with Crippen molar-refractivity contribution >= 4 is 0 Å². The lowest BCUT2D eigenvalue weighted by molar-refractivity contribution is 0.356. The normalized spacial score (nSPS) is 12.8. The first-order valence-corrected chi connectivity index (χ1v) is 4.25. The number of rotatable bonds is 3. The summed E-state index contributed by atoms with van der Waals surface area (Å²) in [4.78, 5) is 0. The highest BCUT2D eigenvalue weighted by Gasteiger charge is 2.08. The summed E-state index contributed by atoms with van der Waals surface area (Å²) in [6.45, 7) is 2.10. The van der Waals surface area contributed by atoms with Crippen molar-refractivity contribution in [2.75, 3.05) is 7.05 Å². The number of phenols is 1. The number of hydrogen-bond donors (Lipinski definition) is 2. The summed E-state index contributed by atoms with van der Waals surface area (Å²) in [5, 5.41) is 12.3. The van der Waals surface area contributed by atoms with Gasteiger partial charge in [-0.2, -0.15) is 0 Å². The van der Waals surface area contributed by atoms with Crippen LogP contribution in [0.1, 0.15) is 24.2 Å². The zero-order valence-corrected chi connectivity index (χ0v) is 7.84. The van der Waals surface area contributed by atoms with Gasteiger partial charge in [-0.3, -0.25) is 0 Å². The summed E-state index contributed by atoms with van der Waals surface area (Å²) < 4.78 is 12.9. The van der Waals surface area contributed by atoms with Crippen molar-refractivity contribution in [3.8, 4) is 5.75 Å². The molecule has 0 bridgehead atoms. The maximum absolute atomic E-state index is 12.9. The van der Waals surface area contributed by atoms with Gasteiger partial charge in [-0.15, -0.1) is 0 Å². The Labute approximate surface area is 77.4 Å². The second kappa shape index (κ2) is 4.23. The lowest BCUT2D eigenvalue weighted by Gasteiger charge is -2.08. The molecule has 0 spiro atoms. The van der Waals surface area contributed by atoms with Crippen LogP contribution in [0.15, 0.2) is 18.2 Å². The molecule has 0 radical (unpaired) electrons. The van der Waals surface area contributed by atoms with Gasteiger partial charge in [0.15, 0.2) is 0 Å². The highest BCUT2D eigenvalue weighted by atomic mass is 19.1. The molecule has 0 fully saturated rings. The third-order valence-electron chi connectivity index (χ3n) is 1.90. The predicted octanol–water partition coefficient (Wildman–Crippen LogP) is 2.14. The molecule has 0 aliphatic rings. The Hall–Kier alpha value is -1.09. The SMILES string of the molecule is CNCc1ccc(O)c(C(C)F)c1. The largest absolute Gasteiger partial charge is 0.508 e. The van der Waals surface area contributed by atoms with Gasteiger partial charge in [-0.25, -0.2) is 4.39 Å². The summed E-state index contributed by atoms with van der Waals surface area (Å²) in [6.07, 6.45) is -1.13. The molecule has 0 heterocycles. The molecule has 0 aromatic heterocycles. The van der Waals surface area contributed by atoms with Gasteiger partial charge in [-0.1, -0.05) is 6.07 Å². The molecular formula is C10H14FNO. The van der Waals surface area contributed by atoms with Crippen LogP contribution in [0.25, 0.3) is 0 Å². The molecule has 1 rings (SSSR count). The van der Waals surface area contributed by atoms with Crippen LogP contribution in [0.4, 0.5) is 4.39 Å². The van der Waals surface area contributed by atoms with E-state index in [1.165, 1.54) is 13.0 Å². The zero-order valence-electron chi connectivity index (χ0n) is 7.84. The number of benzene rings is 1. The van der Waals surface area contributed by atoms with Gasteiger partial charge in [0.1, 0.15) is 11.9 Å². The third kappa shape index (κ3) is 2.42. The summed E-state index contributed by atoms with van der Waals surface area (Å²) in [5.41, 5.74) is 1.33. The molecule has 1 aromatic rings. The van der Waals surface area contributed by atoms with Crippen molar-refractivity contribution in [2.45, 2.75) is 19.6 Å². The summed E-state index contributed by atoms with van der Waals surface area (Å²) >= 11 is 0. The van der Waals surface area contributed by atoms with Gasteiger partial charge in [0.05, 0.1) is 0 Å². The Morgan fingerprint density at radius 3 is 2.77 bits per heavy atom. The Kier molecular flexibility index (Phi) is 3.25. The first-order chi connectivity index (χ1) is 6.15. The fourth-order valence-corrected chi connectivity index (χ4v) is 1.24. The van der Waals surface area contributed by atoms with E-state index in [2.05, 4.69) is 5.32 Å². The van der Waals surface area contributed by atoms with Crippen LogP contribution in [0, 0.1) is 0 Å². The first-order valence-electron chi connectivity index (χ1n) is 4.25. The molecule has 1 unspecified atom stereocenters. The van der Waals surface area contributed by atoms with Gasteiger partial charge in [0.25, 0.3) is 0 Å². The predicted molar refractivity (Wildman–Crippen MR) is 50.4 cm³/mol. The molecule has 2 nitrogen and oxygen atoms in total. The molecule has 3 heteroatoms. The summed E-state index contributed by atoms with van der Waals surface area (Å²) in [5.74, 6) is 0.0230. The molecule has 1 atom stereocenters. The van der Waals surface area contributed by atoms with Crippen LogP contribution < -0.4 is 5.32 Å². The van der Waals surface area contributed by atoms with Gasteiger partial charge in [-0.05, 0) is 31.7 Å². The maximum atomic E-state index is 12.9. The lowest BCUT2D eigenvalue weighted by atomic mass is 10.1. The van der Waals surface area contributed by atoms with E-state index >= 15 is 0 Å². The number of nitrogens with one attached hydrogen (secondary N) is 1. The number of halogens is 1. The van der Waals surface area contributed by atoms with E-state index in [0.717, 1.165) is 5.56 Å². The topological polar surface area (TPSA) is 32.3 Å². The van der Waals surface area contributed by atoms with Crippen molar-refractivity contribution in [1.82, 2.24) is 5.32 Å². The van der Waals surface area contributed by atoms with E-state index in [4.69, 9.17) is 0 Å². The zero-order chi connectivity index (χ0) is 9.84. The number of aromatic hydroxyl groups is 1. The van der Waals surface area contributed by atoms with Crippen molar-refractivity contribution in [3.05, 3.63) is 29.3 Å². The van der Waals surface area contributed by atoms with Crippen molar-refractivity contribution in [3.63, 3.8) is 0 Å².